The van der Waals surface area contributed by atoms with Crippen molar-refractivity contribution >= 4 is 17.8 Å². The molecule has 0 bridgehead atoms. The van der Waals surface area contributed by atoms with Crippen molar-refractivity contribution in [3.63, 3.8) is 0 Å². The topological polar surface area (TPSA) is 84.5 Å². The third-order valence-electron chi connectivity index (χ3n) is 2.26. The van der Waals surface area contributed by atoms with E-state index in [2.05, 4.69) is 15.6 Å². The number of unbranched alkanes of at least 4 members (excludes halogenated alkanes) is 1. The highest BCUT2D eigenvalue weighted by molar-refractivity contribution is 5.84. The molecule has 0 atom stereocenters. The van der Waals surface area contributed by atoms with E-state index >= 15 is 0 Å². The van der Waals surface area contributed by atoms with Crippen LogP contribution < -0.4 is 10.9 Å². The molecule has 2 amide bonds. The molecule has 0 aliphatic rings. The van der Waals surface area contributed by atoms with Crippen LogP contribution in [0, 0.1) is 5.41 Å². The fourth-order valence-corrected chi connectivity index (χ4v) is 1.03. The fraction of sp³-hybridized carbons (Fsp3) is 0.750. The Morgan fingerprint density at radius 3 is 2.06 bits per heavy atom. The van der Waals surface area contributed by atoms with Crippen LogP contribution in [0.15, 0.2) is 0 Å². The fourth-order valence-electron chi connectivity index (χ4n) is 1.03. The van der Waals surface area contributed by atoms with Gasteiger partial charge in [0.05, 0.1) is 7.11 Å². The Balaban J connectivity index is 3.67. The van der Waals surface area contributed by atoms with Gasteiger partial charge in [-0.05, 0) is 12.8 Å². The summed E-state index contributed by atoms with van der Waals surface area (Å²) in [6.45, 7) is 5.26. The van der Waals surface area contributed by atoms with Gasteiger partial charge in [0.15, 0.2) is 0 Å². The van der Waals surface area contributed by atoms with Crippen molar-refractivity contribution < 1.29 is 19.1 Å². The first-order valence-electron chi connectivity index (χ1n) is 5.93. The van der Waals surface area contributed by atoms with E-state index in [1.165, 1.54) is 7.11 Å². The summed E-state index contributed by atoms with van der Waals surface area (Å²) in [6, 6.07) is 0. The van der Waals surface area contributed by atoms with Gasteiger partial charge in [0, 0.05) is 18.3 Å². The average molecular weight is 258 g/mol. The molecule has 0 unspecified atom stereocenters. The average Bonchev–Trinajstić information content (AvgIpc) is 2.29. The summed E-state index contributed by atoms with van der Waals surface area (Å²) >= 11 is 0. The van der Waals surface area contributed by atoms with E-state index in [0.29, 0.717) is 19.3 Å². The van der Waals surface area contributed by atoms with E-state index < -0.39 is 5.41 Å². The van der Waals surface area contributed by atoms with Crippen LogP contribution in [0.4, 0.5) is 0 Å². The number of amides is 2. The van der Waals surface area contributed by atoms with E-state index in [0.717, 1.165) is 0 Å². The molecule has 2 N–H and O–H groups in total. The number of hydrogen-bond acceptors (Lipinski definition) is 4. The maximum atomic E-state index is 11.4. The molecule has 18 heavy (non-hydrogen) atoms. The number of rotatable bonds is 5. The maximum absolute atomic E-state index is 11.4. The lowest BCUT2D eigenvalue weighted by molar-refractivity contribution is -0.140. The Morgan fingerprint density at radius 1 is 1.00 bits per heavy atom. The zero-order valence-electron chi connectivity index (χ0n) is 11.5. The molecule has 0 aromatic heterocycles. The second-order valence-corrected chi connectivity index (χ2v) is 5.04. The van der Waals surface area contributed by atoms with Gasteiger partial charge in [0.25, 0.3) is 0 Å². The van der Waals surface area contributed by atoms with Gasteiger partial charge in [-0.3, -0.25) is 25.2 Å². The second-order valence-electron chi connectivity index (χ2n) is 5.04. The van der Waals surface area contributed by atoms with Gasteiger partial charge in [-0.15, -0.1) is 0 Å². The molecule has 6 nitrogen and oxygen atoms in total. The van der Waals surface area contributed by atoms with Crippen molar-refractivity contribution in [1.82, 2.24) is 10.9 Å². The first-order valence-corrected chi connectivity index (χ1v) is 5.93. The third-order valence-corrected chi connectivity index (χ3v) is 2.26. The van der Waals surface area contributed by atoms with Crippen LogP contribution >= 0.6 is 0 Å². The summed E-state index contributed by atoms with van der Waals surface area (Å²) in [6.07, 6.45) is 1.74. The first-order chi connectivity index (χ1) is 8.27. The summed E-state index contributed by atoms with van der Waals surface area (Å²) < 4.78 is 4.48. The summed E-state index contributed by atoms with van der Waals surface area (Å²) in [5.41, 5.74) is 4.15. The SMILES string of the molecule is COC(=O)CCCCC(=O)NNC(=O)C(C)(C)C. The lowest BCUT2D eigenvalue weighted by Gasteiger charge is -2.17. The number of carbonyl (C=O) groups is 3. The van der Waals surface area contributed by atoms with E-state index in [1.807, 2.05) is 0 Å². The number of carbonyl (C=O) groups excluding carboxylic acids is 3. The Kier molecular flexibility index (Phi) is 7.00. The monoisotopic (exact) mass is 258 g/mol. The van der Waals surface area contributed by atoms with Gasteiger partial charge in [-0.2, -0.15) is 0 Å². The number of methoxy groups -OCH3 is 1. The van der Waals surface area contributed by atoms with Crippen LogP contribution in [-0.2, 0) is 19.1 Å². The van der Waals surface area contributed by atoms with Crippen LogP contribution in [0.1, 0.15) is 46.5 Å². The van der Waals surface area contributed by atoms with Gasteiger partial charge in [0.2, 0.25) is 11.8 Å². The molecule has 0 aromatic rings. The highest BCUT2D eigenvalue weighted by Crippen LogP contribution is 2.11. The van der Waals surface area contributed by atoms with E-state index in [1.54, 1.807) is 20.8 Å². The lowest BCUT2D eigenvalue weighted by Crippen LogP contribution is -2.46. The highest BCUT2D eigenvalue weighted by Gasteiger charge is 2.21. The Bertz CT molecular complexity index is 308. The first kappa shape index (κ1) is 16.4. The van der Waals surface area contributed by atoms with Crippen LogP contribution in [0.25, 0.3) is 0 Å². The minimum atomic E-state index is -0.543. The molecular formula is C12H22N2O4. The van der Waals surface area contributed by atoms with Crippen LogP contribution in [0.3, 0.4) is 0 Å². The number of nitrogens with one attached hydrogen (secondary N) is 2. The molecule has 0 saturated heterocycles. The molecule has 0 heterocycles. The quantitative estimate of drug-likeness (QED) is 0.436. The van der Waals surface area contributed by atoms with Crippen molar-refractivity contribution in [3.05, 3.63) is 0 Å². The van der Waals surface area contributed by atoms with E-state index in [4.69, 9.17) is 0 Å². The van der Waals surface area contributed by atoms with Crippen molar-refractivity contribution in [2.24, 2.45) is 5.41 Å². The van der Waals surface area contributed by atoms with E-state index in [9.17, 15) is 14.4 Å². The maximum Gasteiger partial charge on any atom is 0.305 e. The minimum absolute atomic E-state index is 0.245. The number of ether oxygens (including phenoxy) is 1. The van der Waals surface area contributed by atoms with Gasteiger partial charge in [0.1, 0.15) is 0 Å². The molecule has 6 heteroatoms. The van der Waals surface area contributed by atoms with Gasteiger partial charge >= 0.3 is 5.97 Å². The molecule has 0 aliphatic heterocycles. The molecule has 0 aliphatic carbocycles. The Labute approximate surface area is 107 Å². The predicted octanol–water partition coefficient (Wildman–Crippen LogP) is 0.913. The summed E-state index contributed by atoms with van der Waals surface area (Å²) in [7, 11) is 1.33. The predicted molar refractivity (Wildman–Crippen MR) is 66.2 cm³/mol. The summed E-state index contributed by atoms with van der Waals surface area (Å²) in [5.74, 6) is -0.792. The van der Waals surface area contributed by atoms with Crippen molar-refractivity contribution in [2.45, 2.75) is 46.5 Å². The molecule has 104 valence electrons. The zero-order chi connectivity index (χ0) is 14.2. The number of hydrogen-bond donors (Lipinski definition) is 2. The van der Waals surface area contributed by atoms with Crippen LogP contribution in [0.5, 0.6) is 0 Å². The molecule has 0 fully saturated rings. The highest BCUT2D eigenvalue weighted by atomic mass is 16.5. The van der Waals surface area contributed by atoms with Gasteiger partial charge in [-0.1, -0.05) is 20.8 Å². The van der Waals surface area contributed by atoms with Crippen molar-refractivity contribution in [2.75, 3.05) is 7.11 Å². The number of esters is 1. The summed E-state index contributed by atoms with van der Waals surface area (Å²) in [5, 5.41) is 0. The normalized spacial score (nSPS) is 10.7. The lowest BCUT2D eigenvalue weighted by atomic mass is 9.96. The van der Waals surface area contributed by atoms with E-state index in [-0.39, 0.29) is 24.2 Å². The number of hydrazine groups is 1. The largest absolute Gasteiger partial charge is 0.469 e. The molecule has 0 radical (unpaired) electrons. The molecule has 0 rings (SSSR count). The molecule has 0 saturated carbocycles. The zero-order valence-corrected chi connectivity index (χ0v) is 11.5. The van der Waals surface area contributed by atoms with Crippen molar-refractivity contribution in [3.8, 4) is 0 Å². The third kappa shape index (κ3) is 7.65. The van der Waals surface area contributed by atoms with Gasteiger partial charge < -0.3 is 4.74 Å². The van der Waals surface area contributed by atoms with Crippen molar-refractivity contribution in [1.29, 1.82) is 0 Å². The van der Waals surface area contributed by atoms with Crippen LogP contribution in [-0.4, -0.2) is 24.9 Å². The second kappa shape index (κ2) is 7.68. The van der Waals surface area contributed by atoms with Gasteiger partial charge in [-0.25, -0.2) is 0 Å². The summed E-state index contributed by atoms with van der Waals surface area (Å²) in [4.78, 5) is 33.6. The Morgan fingerprint density at radius 2 is 1.56 bits per heavy atom. The Hall–Kier alpha value is -1.59. The molecule has 0 spiro atoms. The molecular weight excluding hydrogens is 236 g/mol. The standard InChI is InChI=1S/C12H22N2O4/c1-12(2,3)11(17)14-13-9(15)7-5-6-8-10(16)18-4/h5-8H2,1-4H3,(H,13,15)(H,14,17). The van der Waals surface area contributed by atoms with Crippen LogP contribution in [0.2, 0.25) is 0 Å². The minimum Gasteiger partial charge on any atom is -0.469 e. The molecule has 0 aromatic carbocycles. The smallest absolute Gasteiger partial charge is 0.305 e.